The van der Waals surface area contributed by atoms with Gasteiger partial charge in [0.25, 0.3) is 5.56 Å². The molecule has 1 aromatic heterocycles. The third-order valence-corrected chi connectivity index (χ3v) is 5.29. The summed E-state index contributed by atoms with van der Waals surface area (Å²) in [7, 11) is 1.69. The van der Waals surface area contributed by atoms with Crippen molar-refractivity contribution in [2.24, 2.45) is 7.05 Å². The monoisotopic (exact) mass is 436 g/mol. The van der Waals surface area contributed by atoms with Crippen molar-refractivity contribution in [1.29, 1.82) is 0 Å². The van der Waals surface area contributed by atoms with Gasteiger partial charge in [-0.25, -0.2) is 0 Å². The van der Waals surface area contributed by atoms with Crippen LogP contribution >= 0.6 is 39.3 Å². The number of hydrogen-bond donors (Lipinski definition) is 1. The molecule has 0 saturated carbocycles. The molecule has 0 atom stereocenters. The fourth-order valence-corrected chi connectivity index (χ4v) is 3.30. The predicted molar refractivity (Wildman–Crippen MR) is 106 cm³/mol. The fraction of sp³-hybridized carbons (Fsp3) is 0.118. The first-order valence-electron chi connectivity index (χ1n) is 7.36. The Morgan fingerprint density at radius 3 is 2.48 bits per heavy atom. The molecule has 0 spiro atoms. The maximum absolute atomic E-state index is 12.5. The van der Waals surface area contributed by atoms with Gasteiger partial charge in [-0.1, -0.05) is 51.4 Å². The van der Waals surface area contributed by atoms with E-state index in [0.717, 1.165) is 15.7 Å². The van der Waals surface area contributed by atoms with Gasteiger partial charge in [-0.3, -0.25) is 9.36 Å². The van der Waals surface area contributed by atoms with Crippen LogP contribution in [-0.2, 0) is 12.8 Å². The van der Waals surface area contributed by atoms with E-state index in [1.807, 2.05) is 24.3 Å². The summed E-state index contributed by atoms with van der Waals surface area (Å²) in [5.41, 5.74) is 1.64. The first-order chi connectivity index (χ1) is 12.0. The second-order valence-corrected chi connectivity index (χ2v) is 7.54. The van der Waals surface area contributed by atoms with E-state index in [4.69, 9.17) is 11.6 Å². The van der Waals surface area contributed by atoms with Gasteiger partial charge in [0.2, 0.25) is 5.82 Å². The summed E-state index contributed by atoms with van der Waals surface area (Å²) in [5.74, 6) is 0.886. The fourth-order valence-electron chi connectivity index (χ4n) is 2.05. The molecule has 0 amide bonds. The molecule has 3 aromatic rings. The quantitative estimate of drug-likeness (QED) is 0.590. The van der Waals surface area contributed by atoms with Gasteiger partial charge >= 0.3 is 0 Å². The highest BCUT2D eigenvalue weighted by Gasteiger charge is 2.10. The van der Waals surface area contributed by atoms with Crippen LogP contribution in [0.4, 0.5) is 11.5 Å². The maximum atomic E-state index is 12.5. The molecule has 0 saturated heterocycles. The van der Waals surface area contributed by atoms with Crippen LogP contribution in [0.5, 0.6) is 0 Å². The third kappa shape index (κ3) is 4.62. The molecule has 0 unspecified atom stereocenters. The lowest BCUT2D eigenvalue weighted by molar-refractivity contribution is 0.666. The molecule has 0 aliphatic carbocycles. The standard InChI is InChI=1S/C17H14BrClN4OS/c1-23-16(24)15(20-14-8-6-13(19)7-9-14)21-22-17(23)25-10-11-2-4-12(18)5-3-11/h2-9H,10H2,1H3,(H,20,21). The minimum atomic E-state index is -0.233. The highest BCUT2D eigenvalue weighted by molar-refractivity contribution is 9.10. The minimum absolute atomic E-state index is 0.179. The van der Waals surface area contributed by atoms with Crippen molar-refractivity contribution in [2.75, 3.05) is 5.32 Å². The van der Waals surface area contributed by atoms with Gasteiger partial charge in [-0.2, -0.15) is 0 Å². The number of nitrogens with one attached hydrogen (secondary N) is 1. The Kier molecular flexibility index (Phi) is 5.78. The smallest absolute Gasteiger partial charge is 0.297 e. The van der Waals surface area contributed by atoms with E-state index < -0.39 is 0 Å². The second-order valence-electron chi connectivity index (χ2n) is 5.24. The van der Waals surface area contributed by atoms with Crippen molar-refractivity contribution >= 4 is 50.8 Å². The van der Waals surface area contributed by atoms with Gasteiger partial charge in [-0.15, -0.1) is 10.2 Å². The molecular formula is C17H14BrClN4OS. The molecular weight excluding hydrogens is 424 g/mol. The minimum Gasteiger partial charge on any atom is -0.334 e. The van der Waals surface area contributed by atoms with Crippen LogP contribution in [-0.4, -0.2) is 14.8 Å². The number of halogens is 2. The number of rotatable bonds is 5. The molecule has 0 fully saturated rings. The number of nitrogens with zero attached hydrogens (tertiary/aromatic N) is 3. The van der Waals surface area contributed by atoms with E-state index in [1.165, 1.54) is 16.3 Å². The Labute approximate surface area is 162 Å². The average Bonchev–Trinajstić information content (AvgIpc) is 2.61. The van der Waals surface area contributed by atoms with Crippen LogP contribution in [0.3, 0.4) is 0 Å². The Bertz CT molecular complexity index is 929. The summed E-state index contributed by atoms with van der Waals surface area (Å²) in [6.07, 6.45) is 0. The lowest BCUT2D eigenvalue weighted by Gasteiger charge is -2.09. The Morgan fingerprint density at radius 2 is 1.80 bits per heavy atom. The Hall–Kier alpha value is -1.83. The summed E-state index contributed by atoms with van der Waals surface area (Å²) >= 11 is 10.7. The van der Waals surface area contributed by atoms with Gasteiger partial charge in [-0.05, 0) is 42.0 Å². The predicted octanol–water partition coefficient (Wildman–Crippen LogP) is 4.63. The van der Waals surface area contributed by atoms with Crippen molar-refractivity contribution in [3.8, 4) is 0 Å². The van der Waals surface area contributed by atoms with Gasteiger partial charge in [0.1, 0.15) is 0 Å². The largest absolute Gasteiger partial charge is 0.334 e. The molecule has 1 N–H and O–H groups in total. The first kappa shape index (κ1) is 18.0. The Morgan fingerprint density at radius 1 is 1.12 bits per heavy atom. The van der Waals surface area contributed by atoms with Crippen molar-refractivity contribution in [1.82, 2.24) is 14.8 Å². The topological polar surface area (TPSA) is 59.8 Å². The summed E-state index contributed by atoms with van der Waals surface area (Å²) in [5, 5.41) is 12.4. The van der Waals surface area contributed by atoms with E-state index >= 15 is 0 Å². The lowest BCUT2D eigenvalue weighted by atomic mass is 10.2. The molecule has 8 heteroatoms. The SMILES string of the molecule is Cn1c(SCc2ccc(Br)cc2)nnc(Nc2ccc(Cl)cc2)c1=O. The van der Waals surface area contributed by atoms with Crippen molar-refractivity contribution < 1.29 is 0 Å². The van der Waals surface area contributed by atoms with E-state index in [9.17, 15) is 4.79 Å². The lowest BCUT2D eigenvalue weighted by Crippen LogP contribution is -2.24. The van der Waals surface area contributed by atoms with Crippen molar-refractivity contribution in [3.05, 3.63) is 73.9 Å². The highest BCUT2D eigenvalue weighted by Crippen LogP contribution is 2.21. The zero-order valence-corrected chi connectivity index (χ0v) is 16.4. The van der Waals surface area contributed by atoms with E-state index in [-0.39, 0.29) is 11.4 Å². The maximum Gasteiger partial charge on any atom is 0.297 e. The third-order valence-electron chi connectivity index (χ3n) is 3.42. The molecule has 0 bridgehead atoms. The van der Waals surface area contributed by atoms with Crippen LogP contribution in [0.1, 0.15) is 5.56 Å². The van der Waals surface area contributed by atoms with Gasteiger partial charge in [0.15, 0.2) is 5.16 Å². The number of aromatic nitrogens is 3. The highest BCUT2D eigenvalue weighted by atomic mass is 79.9. The van der Waals surface area contributed by atoms with Crippen LogP contribution < -0.4 is 10.9 Å². The van der Waals surface area contributed by atoms with E-state index in [2.05, 4.69) is 31.4 Å². The first-order valence-corrected chi connectivity index (χ1v) is 9.52. The zero-order valence-electron chi connectivity index (χ0n) is 13.2. The van der Waals surface area contributed by atoms with Gasteiger partial charge in [0, 0.05) is 28.0 Å². The average molecular weight is 438 g/mol. The Balaban J connectivity index is 1.74. The summed E-state index contributed by atoms with van der Waals surface area (Å²) in [6, 6.07) is 15.1. The van der Waals surface area contributed by atoms with E-state index in [1.54, 1.807) is 31.3 Å². The number of thioether (sulfide) groups is 1. The molecule has 2 aromatic carbocycles. The van der Waals surface area contributed by atoms with Crippen molar-refractivity contribution in [3.63, 3.8) is 0 Å². The normalized spacial score (nSPS) is 10.7. The number of hydrogen-bond acceptors (Lipinski definition) is 5. The van der Waals surface area contributed by atoms with E-state index in [0.29, 0.717) is 15.9 Å². The molecule has 5 nitrogen and oxygen atoms in total. The van der Waals surface area contributed by atoms with Crippen LogP contribution in [0.25, 0.3) is 0 Å². The molecule has 0 radical (unpaired) electrons. The molecule has 0 aliphatic rings. The summed E-state index contributed by atoms with van der Waals surface area (Å²) < 4.78 is 2.53. The molecule has 1 heterocycles. The molecule has 0 aliphatic heterocycles. The number of benzene rings is 2. The van der Waals surface area contributed by atoms with Crippen molar-refractivity contribution in [2.45, 2.75) is 10.9 Å². The zero-order chi connectivity index (χ0) is 17.8. The summed E-state index contributed by atoms with van der Waals surface area (Å²) in [6.45, 7) is 0. The number of anilines is 2. The second kappa shape index (κ2) is 8.03. The molecule has 128 valence electrons. The van der Waals surface area contributed by atoms with Crippen LogP contribution in [0.2, 0.25) is 5.02 Å². The van der Waals surface area contributed by atoms with Gasteiger partial charge < -0.3 is 5.32 Å². The van der Waals surface area contributed by atoms with Crippen LogP contribution in [0.15, 0.2) is 63.0 Å². The molecule has 3 rings (SSSR count). The molecule has 25 heavy (non-hydrogen) atoms. The summed E-state index contributed by atoms with van der Waals surface area (Å²) in [4.78, 5) is 12.5. The van der Waals surface area contributed by atoms with Gasteiger partial charge in [0.05, 0.1) is 0 Å². The van der Waals surface area contributed by atoms with Crippen LogP contribution in [0, 0.1) is 0 Å².